The maximum atomic E-state index is 4.83. The zero-order chi connectivity index (χ0) is 10.4. The van der Waals surface area contributed by atoms with Gasteiger partial charge in [-0.15, -0.1) is 12.6 Å². The Hall–Kier alpha value is -0.540. The van der Waals surface area contributed by atoms with E-state index in [1.807, 2.05) is 12.1 Å². The average molecular weight is 225 g/mol. The van der Waals surface area contributed by atoms with E-state index >= 15 is 0 Å². The molecule has 0 saturated heterocycles. The summed E-state index contributed by atoms with van der Waals surface area (Å²) in [4.78, 5) is 0. The topological polar surface area (TPSA) is 12.0 Å². The van der Waals surface area contributed by atoms with E-state index in [0.29, 0.717) is 4.32 Å². The van der Waals surface area contributed by atoms with Gasteiger partial charge >= 0.3 is 0 Å². The summed E-state index contributed by atoms with van der Waals surface area (Å²) >= 11 is 8.85. The van der Waals surface area contributed by atoms with Crippen LogP contribution in [0.3, 0.4) is 0 Å². The summed E-state index contributed by atoms with van der Waals surface area (Å²) in [6.07, 6.45) is 3.64. The van der Waals surface area contributed by atoms with Gasteiger partial charge in [-0.2, -0.15) is 0 Å². The van der Waals surface area contributed by atoms with Gasteiger partial charge in [0.05, 0.1) is 0 Å². The van der Waals surface area contributed by atoms with Crippen LogP contribution in [0.4, 0.5) is 5.69 Å². The van der Waals surface area contributed by atoms with E-state index in [2.05, 4.69) is 37.0 Å². The van der Waals surface area contributed by atoms with Crippen molar-refractivity contribution in [1.82, 2.24) is 0 Å². The van der Waals surface area contributed by atoms with E-state index in [9.17, 15) is 0 Å². The highest BCUT2D eigenvalue weighted by atomic mass is 32.1. The Kier molecular flexibility index (Phi) is 4.98. The van der Waals surface area contributed by atoms with Crippen molar-refractivity contribution in [1.29, 1.82) is 0 Å². The van der Waals surface area contributed by atoms with E-state index < -0.39 is 0 Å². The minimum atomic E-state index is 0.506. The lowest BCUT2D eigenvalue weighted by atomic mass is 10.1. The van der Waals surface area contributed by atoms with Gasteiger partial charge in [-0.05, 0) is 30.5 Å². The molecule has 1 nitrogen and oxygen atoms in total. The molecule has 0 aliphatic rings. The van der Waals surface area contributed by atoms with E-state index in [0.717, 1.165) is 12.1 Å². The van der Waals surface area contributed by atoms with Crippen LogP contribution in [-0.2, 0) is 6.42 Å². The molecule has 0 radical (unpaired) electrons. The molecule has 0 atom stereocenters. The van der Waals surface area contributed by atoms with Crippen molar-refractivity contribution in [2.45, 2.75) is 26.2 Å². The number of benzene rings is 1. The fourth-order valence-electron chi connectivity index (χ4n) is 1.26. The summed E-state index contributed by atoms with van der Waals surface area (Å²) in [5.74, 6) is 0. The SMILES string of the molecule is CCCCc1ccc(NC(=S)S)cc1. The molecule has 0 heterocycles. The molecule has 1 aromatic carbocycles. The molecule has 0 aliphatic carbocycles. The summed E-state index contributed by atoms with van der Waals surface area (Å²) in [7, 11) is 0. The highest BCUT2D eigenvalue weighted by molar-refractivity contribution is 8.11. The van der Waals surface area contributed by atoms with Crippen LogP contribution in [0.2, 0.25) is 0 Å². The number of unbranched alkanes of at least 4 members (excludes halogenated alkanes) is 1. The molecular formula is C11H15NS2. The number of anilines is 1. The Labute approximate surface area is 96.3 Å². The van der Waals surface area contributed by atoms with Crippen LogP contribution >= 0.6 is 24.8 Å². The number of hydrogen-bond acceptors (Lipinski definition) is 1. The van der Waals surface area contributed by atoms with Crippen molar-refractivity contribution in [3.63, 3.8) is 0 Å². The predicted molar refractivity (Wildman–Crippen MR) is 70.3 cm³/mol. The first kappa shape index (κ1) is 11.5. The molecular weight excluding hydrogens is 210 g/mol. The largest absolute Gasteiger partial charge is 0.341 e. The number of thiol groups is 1. The molecule has 3 heteroatoms. The quantitative estimate of drug-likeness (QED) is 0.599. The third-order valence-electron chi connectivity index (χ3n) is 2.02. The van der Waals surface area contributed by atoms with Gasteiger partial charge < -0.3 is 5.32 Å². The molecule has 0 unspecified atom stereocenters. The van der Waals surface area contributed by atoms with Crippen molar-refractivity contribution in [3.05, 3.63) is 29.8 Å². The molecule has 0 aliphatic heterocycles. The van der Waals surface area contributed by atoms with E-state index in [4.69, 9.17) is 12.2 Å². The third-order valence-corrected chi connectivity index (χ3v) is 2.24. The third kappa shape index (κ3) is 4.11. The lowest BCUT2D eigenvalue weighted by Crippen LogP contribution is -2.00. The second-order valence-corrected chi connectivity index (χ2v) is 4.39. The van der Waals surface area contributed by atoms with Gasteiger partial charge in [0.25, 0.3) is 0 Å². The van der Waals surface area contributed by atoms with Gasteiger partial charge in [0.1, 0.15) is 4.32 Å². The molecule has 0 aromatic heterocycles. The normalized spacial score (nSPS) is 9.86. The minimum absolute atomic E-state index is 0.506. The Morgan fingerprint density at radius 2 is 2.00 bits per heavy atom. The van der Waals surface area contributed by atoms with Gasteiger partial charge in [0, 0.05) is 5.69 Å². The average Bonchev–Trinajstić information content (AvgIpc) is 2.16. The zero-order valence-electron chi connectivity index (χ0n) is 8.29. The molecule has 0 amide bonds. The first-order valence-corrected chi connectivity index (χ1v) is 5.67. The Balaban J connectivity index is 2.54. The minimum Gasteiger partial charge on any atom is -0.341 e. The van der Waals surface area contributed by atoms with Crippen molar-refractivity contribution in [2.24, 2.45) is 0 Å². The predicted octanol–water partition coefficient (Wildman–Crippen LogP) is 3.66. The fourth-order valence-corrected chi connectivity index (χ4v) is 1.51. The summed E-state index contributed by atoms with van der Waals surface area (Å²) in [5, 5.41) is 2.98. The van der Waals surface area contributed by atoms with Gasteiger partial charge in [-0.3, -0.25) is 0 Å². The molecule has 14 heavy (non-hydrogen) atoms. The monoisotopic (exact) mass is 225 g/mol. The maximum absolute atomic E-state index is 4.83. The standard InChI is InChI=1S/C11H15NS2/c1-2-3-4-9-5-7-10(8-6-9)12-11(13)14/h5-8H,2-4H2,1H3,(H2,12,13,14). The van der Waals surface area contributed by atoms with Crippen LogP contribution in [0.25, 0.3) is 0 Å². The summed E-state index contributed by atoms with van der Waals surface area (Å²) < 4.78 is 0.506. The van der Waals surface area contributed by atoms with Crippen LogP contribution in [0, 0.1) is 0 Å². The van der Waals surface area contributed by atoms with Gasteiger partial charge in [-0.25, -0.2) is 0 Å². The fraction of sp³-hybridized carbons (Fsp3) is 0.364. The molecule has 0 saturated carbocycles. The zero-order valence-corrected chi connectivity index (χ0v) is 10.00. The second-order valence-electron chi connectivity index (χ2n) is 3.23. The van der Waals surface area contributed by atoms with Crippen LogP contribution in [0.15, 0.2) is 24.3 Å². The van der Waals surface area contributed by atoms with E-state index in [-0.39, 0.29) is 0 Å². The number of rotatable bonds is 4. The van der Waals surface area contributed by atoms with E-state index in [1.165, 1.54) is 18.4 Å². The van der Waals surface area contributed by atoms with Crippen molar-refractivity contribution in [2.75, 3.05) is 5.32 Å². The van der Waals surface area contributed by atoms with Crippen molar-refractivity contribution in [3.8, 4) is 0 Å². The Morgan fingerprint density at radius 3 is 2.50 bits per heavy atom. The Bertz CT molecular complexity index is 293. The van der Waals surface area contributed by atoms with Crippen LogP contribution in [0.5, 0.6) is 0 Å². The summed E-state index contributed by atoms with van der Waals surface area (Å²) in [6, 6.07) is 8.33. The van der Waals surface area contributed by atoms with Crippen LogP contribution in [0.1, 0.15) is 25.3 Å². The first-order valence-electron chi connectivity index (χ1n) is 4.81. The highest BCUT2D eigenvalue weighted by Crippen LogP contribution is 2.12. The Morgan fingerprint density at radius 1 is 1.36 bits per heavy atom. The molecule has 1 rings (SSSR count). The van der Waals surface area contributed by atoms with Gasteiger partial charge in [-0.1, -0.05) is 37.7 Å². The highest BCUT2D eigenvalue weighted by Gasteiger charge is 1.94. The molecule has 0 bridgehead atoms. The van der Waals surface area contributed by atoms with Crippen LogP contribution < -0.4 is 5.32 Å². The summed E-state index contributed by atoms with van der Waals surface area (Å²) in [6.45, 7) is 2.20. The number of hydrogen-bond donors (Lipinski definition) is 2. The molecule has 0 spiro atoms. The van der Waals surface area contributed by atoms with Crippen molar-refractivity contribution >= 4 is 34.9 Å². The molecule has 1 N–H and O–H groups in total. The number of aryl methyl sites for hydroxylation is 1. The van der Waals surface area contributed by atoms with Gasteiger partial charge in [0.2, 0.25) is 0 Å². The summed E-state index contributed by atoms with van der Waals surface area (Å²) in [5.41, 5.74) is 2.38. The van der Waals surface area contributed by atoms with Crippen molar-refractivity contribution < 1.29 is 0 Å². The van der Waals surface area contributed by atoms with Crippen LogP contribution in [-0.4, -0.2) is 4.32 Å². The lowest BCUT2D eigenvalue weighted by Gasteiger charge is -2.04. The maximum Gasteiger partial charge on any atom is 0.135 e. The second kappa shape index (κ2) is 6.04. The molecule has 0 fully saturated rings. The number of nitrogens with one attached hydrogen (secondary N) is 1. The first-order chi connectivity index (χ1) is 6.72. The molecule has 1 aromatic rings. The van der Waals surface area contributed by atoms with E-state index in [1.54, 1.807) is 0 Å². The molecule has 76 valence electrons. The smallest absolute Gasteiger partial charge is 0.135 e. The van der Waals surface area contributed by atoms with Gasteiger partial charge in [0.15, 0.2) is 0 Å². The lowest BCUT2D eigenvalue weighted by molar-refractivity contribution is 0.795. The number of thiocarbonyl (C=S) groups is 1.